The maximum Gasteiger partial charge on any atom is 0.294 e. The fourth-order valence-electron chi connectivity index (χ4n) is 3.04. The number of nitrogens with zero attached hydrogens (tertiary/aromatic N) is 2. The Kier molecular flexibility index (Phi) is 4.70. The van der Waals surface area contributed by atoms with Crippen LogP contribution in [0.5, 0.6) is 5.75 Å². The number of Topliss-reactive ketones (excluding diaryl/α,β-unsaturated/α-hetero) is 1. The molecule has 7 heteroatoms. The first-order chi connectivity index (χ1) is 12.6. The van der Waals surface area contributed by atoms with E-state index in [1.165, 1.54) is 35.5 Å². The number of ketones is 1. The van der Waals surface area contributed by atoms with Crippen molar-refractivity contribution in [2.75, 3.05) is 4.90 Å². The molecule has 0 radical (unpaired) electrons. The molecule has 1 atom stereocenters. The third-order valence-corrected chi connectivity index (χ3v) is 4.59. The van der Waals surface area contributed by atoms with Gasteiger partial charge in [-0.3, -0.25) is 19.5 Å². The summed E-state index contributed by atoms with van der Waals surface area (Å²) in [5, 5.41) is 21.2. The van der Waals surface area contributed by atoms with Crippen molar-refractivity contribution in [1.29, 1.82) is 0 Å². The molecule has 27 heavy (non-hydrogen) atoms. The van der Waals surface area contributed by atoms with Crippen LogP contribution < -0.4 is 4.90 Å². The standard InChI is InChI=1S/C20H19ClN2O4/c1-20(2,3)18(26)15-16(11-6-8-22-9-7-11)23(19(27)17(15)25)13-10-12(21)4-5-14(13)24/h4-10,16,24-25H,1-3H3. The van der Waals surface area contributed by atoms with Gasteiger partial charge in [0.25, 0.3) is 5.91 Å². The van der Waals surface area contributed by atoms with Crippen LogP contribution in [0.15, 0.2) is 54.1 Å². The van der Waals surface area contributed by atoms with Gasteiger partial charge in [0.1, 0.15) is 5.75 Å². The average Bonchev–Trinajstić information content (AvgIpc) is 2.88. The number of anilines is 1. The molecule has 0 saturated carbocycles. The average molecular weight is 387 g/mol. The Labute approximate surface area is 161 Å². The molecule has 0 aliphatic carbocycles. The minimum atomic E-state index is -0.906. The normalized spacial score (nSPS) is 17.6. The molecule has 0 fully saturated rings. The van der Waals surface area contributed by atoms with Crippen molar-refractivity contribution in [1.82, 2.24) is 4.98 Å². The number of hydrogen-bond donors (Lipinski definition) is 2. The largest absolute Gasteiger partial charge is 0.506 e. The number of rotatable bonds is 3. The molecular formula is C20H19ClN2O4. The molecule has 0 bridgehead atoms. The van der Waals surface area contributed by atoms with Crippen molar-refractivity contribution < 1.29 is 19.8 Å². The summed E-state index contributed by atoms with van der Waals surface area (Å²) in [6.07, 6.45) is 3.06. The van der Waals surface area contributed by atoms with Gasteiger partial charge in [-0.1, -0.05) is 32.4 Å². The van der Waals surface area contributed by atoms with E-state index >= 15 is 0 Å². The maximum atomic E-state index is 13.0. The second kappa shape index (κ2) is 6.70. The molecule has 2 N–H and O–H groups in total. The quantitative estimate of drug-likeness (QED) is 0.833. The summed E-state index contributed by atoms with van der Waals surface area (Å²) in [4.78, 5) is 31.1. The van der Waals surface area contributed by atoms with Gasteiger partial charge in [0, 0.05) is 22.8 Å². The number of carbonyl (C=O) groups is 2. The number of phenolic OH excluding ortho intramolecular Hbond substituents is 1. The van der Waals surface area contributed by atoms with Gasteiger partial charge in [0.2, 0.25) is 0 Å². The topological polar surface area (TPSA) is 90.7 Å². The van der Waals surface area contributed by atoms with E-state index in [-0.39, 0.29) is 22.8 Å². The van der Waals surface area contributed by atoms with Crippen LogP contribution >= 0.6 is 11.6 Å². The lowest BCUT2D eigenvalue weighted by molar-refractivity contribution is -0.123. The molecule has 2 heterocycles. The van der Waals surface area contributed by atoms with E-state index in [1.807, 2.05) is 0 Å². The van der Waals surface area contributed by atoms with Gasteiger partial charge < -0.3 is 10.2 Å². The third-order valence-electron chi connectivity index (χ3n) is 4.35. The van der Waals surface area contributed by atoms with Crippen molar-refractivity contribution in [3.05, 3.63) is 64.6 Å². The second-order valence-corrected chi connectivity index (χ2v) is 7.77. The molecular weight excluding hydrogens is 368 g/mol. The van der Waals surface area contributed by atoms with Gasteiger partial charge in [-0.15, -0.1) is 0 Å². The van der Waals surface area contributed by atoms with Crippen LogP contribution in [0.2, 0.25) is 5.02 Å². The first-order valence-corrected chi connectivity index (χ1v) is 8.70. The van der Waals surface area contributed by atoms with Gasteiger partial charge in [-0.05, 0) is 35.9 Å². The predicted molar refractivity (Wildman–Crippen MR) is 102 cm³/mol. The molecule has 2 aromatic rings. The number of hydrogen-bond acceptors (Lipinski definition) is 5. The number of pyridine rings is 1. The Morgan fingerprint density at radius 3 is 2.37 bits per heavy atom. The van der Waals surface area contributed by atoms with Gasteiger partial charge in [-0.2, -0.15) is 0 Å². The highest BCUT2D eigenvalue weighted by Crippen LogP contribution is 2.46. The zero-order valence-electron chi connectivity index (χ0n) is 15.1. The number of benzene rings is 1. The molecule has 0 spiro atoms. The highest BCUT2D eigenvalue weighted by molar-refractivity contribution is 6.31. The molecule has 1 aliphatic heterocycles. The Bertz CT molecular complexity index is 948. The molecule has 1 unspecified atom stereocenters. The van der Waals surface area contributed by atoms with Gasteiger partial charge in [-0.25, -0.2) is 0 Å². The summed E-state index contributed by atoms with van der Waals surface area (Å²) in [6, 6.07) is 6.66. The summed E-state index contributed by atoms with van der Waals surface area (Å²) in [5.41, 5.74) is -0.147. The van der Waals surface area contributed by atoms with Gasteiger partial charge in [0.05, 0.1) is 17.3 Å². The summed E-state index contributed by atoms with van der Waals surface area (Å²) < 4.78 is 0. The van der Waals surface area contributed by atoms with E-state index in [1.54, 1.807) is 32.9 Å². The van der Waals surface area contributed by atoms with Crippen LogP contribution in [0.25, 0.3) is 0 Å². The maximum absolute atomic E-state index is 13.0. The van der Waals surface area contributed by atoms with Crippen LogP contribution in [0.3, 0.4) is 0 Å². The fourth-order valence-corrected chi connectivity index (χ4v) is 3.21. The van der Waals surface area contributed by atoms with E-state index in [4.69, 9.17) is 11.6 Å². The molecule has 1 aromatic heterocycles. The Hall–Kier alpha value is -2.86. The van der Waals surface area contributed by atoms with E-state index in [2.05, 4.69) is 4.98 Å². The van der Waals surface area contributed by atoms with E-state index in [0.717, 1.165) is 0 Å². The highest BCUT2D eigenvalue weighted by atomic mass is 35.5. The third kappa shape index (κ3) is 3.28. The van der Waals surface area contributed by atoms with Crippen molar-refractivity contribution in [3.8, 4) is 5.75 Å². The second-order valence-electron chi connectivity index (χ2n) is 7.33. The van der Waals surface area contributed by atoms with Crippen LogP contribution in [0.4, 0.5) is 5.69 Å². The zero-order chi connectivity index (χ0) is 19.9. The van der Waals surface area contributed by atoms with Crippen LogP contribution in [-0.4, -0.2) is 26.9 Å². The van der Waals surface area contributed by atoms with Crippen molar-refractivity contribution in [2.45, 2.75) is 26.8 Å². The Morgan fingerprint density at radius 1 is 1.15 bits per heavy atom. The van der Waals surface area contributed by atoms with Gasteiger partial charge in [0.15, 0.2) is 11.5 Å². The van der Waals surface area contributed by atoms with Crippen LogP contribution in [0, 0.1) is 5.41 Å². The van der Waals surface area contributed by atoms with E-state index in [9.17, 15) is 19.8 Å². The first kappa shape index (κ1) is 18.9. The fraction of sp³-hybridized carbons (Fsp3) is 0.250. The van der Waals surface area contributed by atoms with Crippen molar-refractivity contribution in [3.63, 3.8) is 0 Å². The van der Waals surface area contributed by atoms with Crippen molar-refractivity contribution >= 4 is 29.0 Å². The number of halogens is 1. The van der Waals surface area contributed by atoms with Crippen LogP contribution in [-0.2, 0) is 9.59 Å². The molecule has 3 rings (SSSR count). The van der Waals surface area contributed by atoms with Gasteiger partial charge >= 0.3 is 0 Å². The number of phenols is 1. The Morgan fingerprint density at radius 2 is 1.78 bits per heavy atom. The Balaban J connectivity index is 2.25. The summed E-state index contributed by atoms with van der Waals surface area (Å²) in [5.74, 6) is -1.96. The lowest BCUT2D eigenvalue weighted by Gasteiger charge is -2.29. The number of aliphatic hydroxyl groups excluding tert-OH is 1. The number of aliphatic hydroxyl groups is 1. The molecule has 140 valence electrons. The number of aromatic hydroxyl groups is 1. The predicted octanol–water partition coefficient (Wildman–Crippen LogP) is 3.96. The van der Waals surface area contributed by atoms with Crippen molar-refractivity contribution in [2.24, 2.45) is 5.41 Å². The lowest BCUT2D eigenvalue weighted by atomic mass is 9.82. The number of amides is 1. The summed E-state index contributed by atoms with van der Waals surface area (Å²) >= 11 is 6.04. The SMILES string of the molecule is CC(C)(C)C(=O)C1=C(O)C(=O)N(c2cc(Cl)ccc2O)C1c1ccncc1. The van der Waals surface area contributed by atoms with E-state index in [0.29, 0.717) is 10.6 Å². The number of aromatic nitrogens is 1. The smallest absolute Gasteiger partial charge is 0.294 e. The monoisotopic (exact) mass is 386 g/mol. The summed E-state index contributed by atoms with van der Waals surface area (Å²) in [6.45, 7) is 5.13. The minimum absolute atomic E-state index is 0.0157. The minimum Gasteiger partial charge on any atom is -0.506 e. The van der Waals surface area contributed by atoms with E-state index < -0.39 is 23.1 Å². The lowest BCUT2D eigenvalue weighted by Crippen LogP contribution is -2.32. The molecule has 6 nitrogen and oxygen atoms in total. The van der Waals surface area contributed by atoms with Crippen LogP contribution in [0.1, 0.15) is 32.4 Å². The zero-order valence-corrected chi connectivity index (χ0v) is 15.9. The molecule has 1 amide bonds. The first-order valence-electron chi connectivity index (χ1n) is 8.33. The molecule has 1 aliphatic rings. The number of carbonyl (C=O) groups excluding carboxylic acids is 2. The highest BCUT2D eigenvalue weighted by Gasteiger charge is 2.47. The summed E-state index contributed by atoms with van der Waals surface area (Å²) in [7, 11) is 0. The molecule has 0 saturated heterocycles. The molecule has 1 aromatic carbocycles.